The second kappa shape index (κ2) is 4.35. The van der Waals surface area contributed by atoms with E-state index in [0.29, 0.717) is 23.4 Å². The van der Waals surface area contributed by atoms with Crippen molar-refractivity contribution in [1.29, 1.82) is 0 Å². The molecule has 19 heavy (non-hydrogen) atoms. The van der Waals surface area contributed by atoms with Crippen molar-refractivity contribution in [3.05, 3.63) is 71.1 Å². The number of rotatable bonds is 2. The Morgan fingerprint density at radius 2 is 1.79 bits per heavy atom. The highest BCUT2D eigenvalue weighted by molar-refractivity contribution is 6.23. The van der Waals surface area contributed by atoms with E-state index in [1.165, 1.54) is 6.08 Å². The molecule has 1 aliphatic rings. The van der Waals surface area contributed by atoms with E-state index in [0.717, 1.165) is 5.56 Å². The van der Waals surface area contributed by atoms with E-state index in [-0.39, 0.29) is 11.6 Å². The maximum Gasteiger partial charge on any atom is 0.203 e. The second-order valence-corrected chi connectivity index (χ2v) is 4.71. The minimum atomic E-state index is -0.0898. The molecule has 1 aromatic carbocycles. The Hall–Kier alpha value is -2.42. The maximum absolute atomic E-state index is 12.1. The number of ketones is 2. The monoisotopic (exact) mass is 251 g/mol. The van der Waals surface area contributed by atoms with E-state index < -0.39 is 0 Å². The summed E-state index contributed by atoms with van der Waals surface area (Å²) in [5.41, 5.74) is 2.63. The minimum absolute atomic E-state index is 0.0542. The van der Waals surface area contributed by atoms with Gasteiger partial charge in [-0.3, -0.25) is 9.59 Å². The third-order valence-corrected chi connectivity index (χ3v) is 3.34. The zero-order valence-corrected chi connectivity index (χ0v) is 10.6. The van der Waals surface area contributed by atoms with Crippen LogP contribution in [0.2, 0.25) is 0 Å². The Morgan fingerprint density at radius 3 is 2.53 bits per heavy atom. The van der Waals surface area contributed by atoms with Gasteiger partial charge in [-0.25, -0.2) is 0 Å². The van der Waals surface area contributed by atoms with Gasteiger partial charge in [0.15, 0.2) is 5.78 Å². The number of aromatic nitrogens is 1. The molecule has 0 unspecified atom stereocenters. The van der Waals surface area contributed by atoms with Crippen LogP contribution in [0, 0.1) is 0 Å². The lowest BCUT2D eigenvalue weighted by molar-refractivity contribution is 0.0979. The number of carbonyl (C=O) groups is 2. The van der Waals surface area contributed by atoms with Gasteiger partial charge in [0.25, 0.3) is 0 Å². The number of allylic oxidation sites excluding steroid dienone is 2. The van der Waals surface area contributed by atoms with Crippen LogP contribution < -0.4 is 0 Å². The van der Waals surface area contributed by atoms with Crippen molar-refractivity contribution >= 4 is 11.6 Å². The smallest absolute Gasteiger partial charge is 0.203 e. The van der Waals surface area contributed by atoms with Crippen LogP contribution in [0.5, 0.6) is 0 Å². The topological polar surface area (TPSA) is 39.1 Å². The third-order valence-electron chi connectivity index (χ3n) is 3.34. The molecule has 94 valence electrons. The minimum Gasteiger partial charge on any atom is -0.340 e. The Kier molecular flexibility index (Phi) is 2.67. The van der Waals surface area contributed by atoms with Gasteiger partial charge in [-0.1, -0.05) is 30.3 Å². The normalized spacial score (nSPS) is 14.3. The average molecular weight is 251 g/mol. The zero-order chi connectivity index (χ0) is 13.4. The molecule has 0 spiro atoms. The van der Waals surface area contributed by atoms with Crippen LogP contribution in [-0.2, 0) is 6.54 Å². The lowest BCUT2D eigenvalue weighted by Crippen LogP contribution is -2.18. The SMILES string of the molecule is CC1=CC(=O)c2c(ccn2Cc2ccccc2)C1=O. The van der Waals surface area contributed by atoms with Crippen molar-refractivity contribution in [1.82, 2.24) is 4.57 Å². The number of carbonyl (C=O) groups excluding carboxylic acids is 2. The van der Waals surface area contributed by atoms with E-state index in [9.17, 15) is 9.59 Å². The van der Waals surface area contributed by atoms with E-state index in [2.05, 4.69) is 0 Å². The van der Waals surface area contributed by atoms with Gasteiger partial charge in [0.05, 0.1) is 5.56 Å². The molecule has 1 aliphatic carbocycles. The first-order valence-electron chi connectivity index (χ1n) is 6.17. The van der Waals surface area contributed by atoms with Crippen molar-refractivity contribution in [2.75, 3.05) is 0 Å². The summed E-state index contributed by atoms with van der Waals surface area (Å²) in [4.78, 5) is 24.1. The summed E-state index contributed by atoms with van der Waals surface area (Å²) in [5.74, 6) is -0.144. The Balaban J connectivity index is 2.02. The number of benzene rings is 1. The molecule has 0 bridgehead atoms. The molecule has 0 atom stereocenters. The van der Waals surface area contributed by atoms with Crippen molar-refractivity contribution in [3.8, 4) is 0 Å². The fourth-order valence-corrected chi connectivity index (χ4v) is 2.39. The van der Waals surface area contributed by atoms with Gasteiger partial charge >= 0.3 is 0 Å². The molecule has 0 saturated heterocycles. The molecule has 0 amide bonds. The summed E-state index contributed by atoms with van der Waals surface area (Å²) in [6, 6.07) is 11.6. The Labute approximate surface area is 111 Å². The van der Waals surface area contributed by atoms with Gasteiger partial charge < -0.3 is 4.57 Å². The first-order valence-corrected chi connectivity index (χ1v) is 6.17. The Morgan fingerprint density at radius 1 is 1.05 bits per heavy atom. The van der Waals surface area contributed by atoms with Crippen LogP contribution in [0.15, 0.2) is 54.2 Å². The summed E-state index contributed by atoms with van der Waals surface area (Å²) in [7, 11) is 0. The van der Waals surface area contributed by atoms with E-state index >= 15 is 0 Å². The standard InChI is InChI=1S/C16H13NO2/c1-11-9-14(18)15-13(16(11)19)7-8-17(15)10-12-5-3-2-4-6-12/h2-9H,10H2,1H3. The highest BCUT2D eigenvalue weighted by Gasteiger charge is 2.26. The molecule has 3 heteroatoms. The maximum atomic E-state index is 12.1. The third kappa shape index (κ3) is 1.93. The molecule has 0 saturated carbocycles. The first-order chi connectivity index (χ1) is 9.16. The quantitative estimate of drug-likeness (QED) is 0.823. The molecular formula is C16H13NO2. The van der Waals surface area contributed by atoms with Gasteiger partial charge in [0.1, 0.15) is 5.69 Å². The van der Waals surface area contributed by atoms with Crippen molar-refractivity contribution in [2.45, 2.75) is 13.5 Å². The van der Waals surface area contributed by atoms with Crippen LogP contribution in [-0.4, -0.2) is 16.1 Å². The molecule has 3 nitrogen and oxygen atoms in total. The van der Waals surface area contributed by atoms with Gasteiger partial charge in [0.2, 0.25) is 5.78 Å². The highest BCUT2D eigenvalue weighted by atomic mass is 16.1. The number of Topliss-reactive ketones (excluding diaryl/α,β-unsaturated/α-hetero) is 1. The van der Waals surface area contributed by atoms with Crippen LogP contribution >= 0.6 is 0 Å². The second-order valence-electron chi connectivity index (χ2n) is 4.71. The van der Waals surface area contributed by atoms with Gasteiger partial charge in [0, 0.05) is 18.3 Å². The molecule has 1 heterocycles. The number of hydrogen-bond acceptors (Lipinski definition) is 2. The zero-order valence-electron chi connectivity index (χ0n) is 10.6. The molecular weight excluding hydrogens is 238 g/mol. The number of fused-ring (bicyclic) bond motifs is 1. The van der Waals surface area contributed by atoms with Gasteiger partial charge in [-0.2, -0.15) is 0 Å². The summed E-state index contributed by atoms with van der Waals surface area (Å²) >= 11 is 0. The van der Waals surface area contributed by atoms with Crippen molar-refractivity contribution < 1.29 is 9.59 Å². The Bertz CT molecular complexity index is 693. The first kappa shape index (κ1) is 11.7. The van der Waals surface area contributed by atoms with Gasteiger partial charge in [-0.05, 0) is 24.6 Å². The van der Waals surface area contributed by atoms with Crippen LogP contribution in [0.3, 0.4) is 0 Å². The number of hydrogen-bond donors (Lipinski definition) is 0. The molecule has 0 N–H and O–H groups in total. The molecule has 0 radical (unpaired) electrons. The lowest BCUT2D eigenvalue weighted by atomic mass is 9.96. The molecule has 2 aromatic rings. The summed E-state index contributed by atoms with van der Waals surface area (Å²) in [6.45, 7) is 2.28. The average Bonchev–Trinajstić information content (AvgIpc) is 2.82. The van der Waals surface area contributed by atoms with Gasteiger partial charge in [-0.15, -0.1) is 0 Å². The summed E-state index contributed by atoms with van der Waals surface area (Å²) in [6.07, 6.45) is 3.23. The van der Waals surface area contributed by atoms with Crippen molar-refractivity contribution in [2.24, 2.45) is 0 Å². The van der Waals surface area contributed by atoms with Crippen LogP contribution in [0.1, 0.15) is 33.3 Å². The van der Waals surface area contributed by atoms with Crippen molar-refractivity contribution in [3.63, 3.8) is 0 Å². The van der Waals surface area contributed by atoms with E-state index in [1.54, 1.807) is 19.2 Å². The van der Waals surface area contributed by atoms with E-state index in [1.807, 2.05) is 34.9 Å². The lowest BCUT2D eigenvalue weighted by Gasteiger charge is -2.13. The predicted molar refractivity (Wildman–Crippen MR) is 72.4 cm³/mol. The fraction of sp³-hybridized carbons (Fsp3) is 0.125. The highest BCUT2D eigenvalue weighted by Crippen LogP contribution is 2.23. The van der Waals surface area contributed by atoms with E-state index in [4.69, 9.17) is 0 Å². The molecule has 3 rings (SSSR count). The van der Waals surface area contributed by atoms with Crippen LogP contribution in [0.4, 0.5) is 0 Å². The largest absolute Gasteiger partial charge is 0.340 e. The summed E-state index contributed by atoms with van der Waals surface area (Å²) in [5, 5.41) is 0. The molecule has 0 aliphatic heterocycles. The molecule has 1 aromatic heterocycles. The molecule has 0 fully saturated rings. The predicted octanol–water partition coefficient (Wildman–Crippen LogP) is 2.86. The number of nitrogens with zero attached hydrogens (tertiary/aromatic N) is 1. The fourth-order valence-electron chi connectivity index (χ4n) is 2.39. The summed E-state index contributed by atoms with van der Waals surface area (Å²) < 4.78 is 1.84. The van der Waals surface area contributed by atoms with Crippen LogP contribution in [0.25, 0.3) is 0 Å².